The monoisotopic (exact) mass is 339 g/mol. The molecule has 0 fully saturated rings. The van der Waals surface area contributed by atoms with E-state index in [2.05, 4.69) is 41.4 Å². The number of carbonyl (C=O) groups excluding carboxylic acids is 1. The minimum atomic E-state index is -0.333. The van der Waals surface area contributed by atoms with Gasteiger partial charge in [-0.25, -0.2) is 0 Å². The molecule has 1 heterocycles. The summed E-state index contributed by atoms with van der Waals surface area (Å²) in [5.74, 6) is -0.0799. The first kappa shape index (κ1) is 16.3. The molecule has 2 N–H and O–H groups in total. The van der Waals surface area contributed by atoms with Crippen molar-refractivity contribution in [3.05, 3.63) is 35.9 Å². The molecule has 2 rings (SSSR count). The summed E-state index contributed by atoms with van der Waals surface area (Å²) in [6.07, 6.45) is 2.16. The number of aromatic nitrogens is 2. The van der Waals surface area contributed by atoms with E-state index in [0.717, 1.165) is 21.5 Å². The van der Waals surface area contributed by atoms with Crippen molar-refractivity contribution < 1.29 is 4.79 Å². The summed E-state index contributed by atoms with van der Waals surface area (Å²) in [6, 6.07) is 10.5. The number of nitrogens with two attached hydrogens (primary N) is 1. The molecule has 1 aromatic heterocycles. The van der Waals surface area contributed by atoms with E-state index >= 15 is 0 Å². The third-order valence-electron chi connectivity index (χ3n) is 2.71. The first-order valence-corrected chi connectivity index (χ1v) is 9.27. The summed E-state index contributed by atoms with van der Waals surface area (Å²) < 4.78 is 1.74. The zero-order valence-electron chi connectivity index (χ0n) is 11.7. The zero-order chi connectivity index (χ0) is 15.1. The van der Waals surface area contributed by atoms with Crippen molar-refractivity contribution in [3.8, 4) is 0 Å². The third kappa shape index (κ3) is 6.07. The van der Waals surface area contributed by atoms with E-state index in [-0.39, 0.29) is 11.7 Å². The Morgan fingerprint density at radius 1 is 1.29 bits per heavy atom. The number of hydrogen-bond acceptors (Lipinski definition) is 6. The fourth-order valence-electron chi connectivity index (χ4n) is 1.68. The van der Waals surface area contributed by atoms with Crippen LogP contribution in [-0.4, -0.2) is 27.1 Å². The molecule has 0 bridgehead atoms. The Kier molecular flexibility index (Phi) is 6.53. The third-order valence-corrected chi connectivity index (χ3v) is 6.04. The Morgan fingerprint density at radius 2 is 2.00 bits per heavy atom. The van der Waals surface area contributed by atoms with Crippen LogP contribution in [0.5, 0.6) is 0 Å². The van der Waals surface area contributed by atoms with Gasteiger partial charge < -0.3 is 5.73 Å². The molecule has 1 unspecified atom stereocenters. The molecule has 0 spiro atoms. The maximum Gasteiger partial charge on any atom is 0.227 e. The maximum absolute atomic E-state index is 10.7. The molecule has 1 amide bonds. The highest BCUT2D eigenvalue weighted by molar-refractivity contribution is 8.03. The Balaban J connectivity index is 1.77. The van der Waals surface area contributed by atoms with Gasteiger partial charge in [-0.2, -0.15) is 0 Å². The summed E-state index contributed by atoms with van der Waals surface area (Å²) >= 11 is 4.60. The average Bonchev–Trinajstić information content (AvgIpc) is 2.91. The number of hydrogen-bond donors (Lipinski definition) is 1. The lowest BCUT2D eigenvalue weighted by atomic mass is 10.1. The van der Waals surface area contributed by atoms with Gasteiger partial charge in [0.1, 0.15) is 0 Å². The summed E-state index contributed by atoms with van der Waals surface area (Å²) in [7, 11) is 0. The topological polar surface area (TPSA) is 68.9 Å². The van der Waals surface area contributed by atoms with Crippen molar-refractivity contribution >= 4 is 40.8 Å². The van der Waals surface area contributed by atoms with Gasteiger partial charge in [-0.15, -0.1) is 10.2 Å². The Morgan fingerprint density at radius 3 is 2.71 bits per heavy atom. The highest BCUT2D eigenvalue weighted by Crippen LogP contribution is 2.32. The van der Waals surface area contributed by atoms with Crippen LogP contribution in [0.3, 0.4) is 0 Å². The van der Waals surface area contributed by atoms with Gasteiger partial charge in [0.25, 0.3) is 0 Å². The molecule has 1 atom stereocenters. The molecule has 4 nitrogen and oxygen atoms in total. The number of thioether (sulfide) groups is 2. The van der Waals surface area contributed by atoms with Gasteiger partial charge in [0.2, 0.25) is 5.91 Å². The lowest BCUT2D eigenvalue weighted by Gasteiger charge is -2.08. The van der Waals surface area contributed by atoms with Crippen LogP contribution in [0.2, 0.25) is 0 Å². The number of primary amides is 1. The van der Waals surface area contributed by atoms with Gasteiger partial charge in [0, 0.05) is 5.25 Å². The normalized spacial score (nSPS) is 12.2. The quantitative estimate of drug-likeness (QED) is 0.748. The Labute approximate surface area is 136 Å². The van der Waals surface area contributed by atoms with Crippen molar-refractivity contribution in [2.45, 2.75) is 33.7 Å². The number of aryl methyl sites for hydroxylation is 1. The standard InChI is InChI=1S/C14H17N3OS3/c1-10(7-8-11-5-3-2-4-6-11)20-14-17-16-13(21-14)19-9-12(15)18/h2-6,10H,7-9H2,1H3,(H2,15,18). The lowest BCUT2D eigenvalue weighted by molar-refractivity contribution is -0.115. The molecule has 0 aliphatic rings. The Hall–Kier alpha value is -1.05. The molecule has 0 saturated carbocycles. The molecule has 1 aromatic carbocycles. The number of benzene rings is 1. The predicted octanol–water partition coefficient (Wildman–Crippen LogP) is 3.23. The van der Waals surface area contributed by atoms with Crippen molar-refractivity contribution in [1.29, 1.82) is 0 Å². The first-order valence-electron chi connectivity index (χ1n) is 6.58. The van der Waals surface area contributed by atoms with Crippen LogP contribution in [0.1, 0.15) is 18.9 Å². The molecular weight excluding hydrogens is 322 g/mol. The second-order valence-electron chi connectivity index (χ2n) is 4.54. The van der Waals surface area contributed by atoms with E-state index in [1.807, 2.05) is 6.07 Å². The summed E-state index contributed by atoms with van der Waals surface area (Å²) in [5, 5.41) is 8.69. The van der Waals surface area contributed by atoms with E-state index < -0.39 is 0 Å². The van der Waals surface area contributed by atoms with Crippen molar-refractivity contribution in [2.75, 3.05) is 5.75 Å². The fraction of sp³-hybridized carbons (Fsp3) is 0.357. The van der Waals surface area contributed by atoms with Gasteiger partial charge in [-0.05, 0) is 18.4 Å². The number of rotatable bonds is 8. The van der Waals surface area contributed by atoms with E-state index in [1.54, 1.807) is 11.8 Å². The molecule has 21 heavy (non-hydrogen) atoms. The minimum Gasteiger partial charge on any atom is -0.369 e. The summed E-state index contributed by atoms with van der Waals surface area (Å²) in [6.45, 7) is 2.20. The largest absolute Gasteiger partial charge is 0.369 e. The first-order chi connectivity index (χ1) is 10.1. The van der Waals surface area contributed by atoms with Crippen LogP contribution in [0.4, 0.5) is 0 Å². The van der Waals surface area contributed by atoms with Crippen LogP contribution < -0.4 is 5.73 Å². The summed E-state index contributed by atoms with van der Waals surface area (Å²) in [4.78, 5) is 10.7. The average molecular weight is 340 g/mol. The van der Waals surface area contributed by atoms with E-state index in [1.165, 1.54) is 28.7 Å². The van der Waals surface area contributed by atoms with Gasteiger partial charge in [0.15, 0.2) is 8.68 Å². The predicted molar refractivity (Wildman–Crippen MR) is 89.9 cm³/mol. The Bertz CT molecular complexity index is 574. The van der Waals surface area contributed by atoms with Gasteiger partial charge in [-0.3, -0.25) is 4.79 Å². The van der Waals surface area contributed by atoms with Crippen molar-refractivity contribution in [3.63, 3.8) is 0 Å². The van der Waals surface area contributed by atoms with Crippen LogP contribution in [0, 0.1) is 0 Å². The molecule has 112 valence electrons. The van der Waals surface area contributed by atoms with Crippen LogP contribution in [0.25, 0.3) is 0 Å². The fourth-order valence-corrected chi connectivity index (χ4v) is 4.76. The molecule has 2 aromatic rings. The van der Waals surface area contributed by atoms with Crippen LogP contribution in [0.15, 0.2) is 39.0 Å². The highest BCUT2D eigenvalue weighted by atomic mass is 32.2. The molecule has 7 heteroatoms. The van der Waals surface area contributed by atoms with Gasteiger partial charge in [0.05, 0.1) is 5.75 Å². The van der Waals surface area contributed by atoms with E-state index in [4.69, 9.17) is 5.73 Å². The molecule has 0 aliphatic carbocycles. The van der Waals surface area contributed by atoms with Gasteiger partial charge in [-0.1, -0.05) is 72.1 Å². The SMILES string of the molecule is CC(CCc1ccccc1)Sc1nnc(SCC(N)=O)s1. The van der Waals surface area contributed by atoms with E-state index in [0.29, 0.717) is 5.25 Å². The second kappa shape index (κ2) is 8.41. The second-order valence-corrected chi connectivity index (χ2v) is 8.43. The van der Waals surface area contributed by atoms with Crippen LogP contribution in [-0.2, 0) is 11.2 Å². The maximum atomic E-state index is 10.7. The van der Waals surface area contributed by atoms with Gasteiger partial charge >= 0.3 is 0 Å². The van der Waals surface area contributed by atoms with E-state index in [9.17, 15) is 4.79 Å². The van der Waals surface area contributed by atoms with Crippen molar-refractivity contribution in [1.82, 2.24) is 10.2 Å². The minimum absolute atomic E-state index is 0.253. The van der Waals surface area contributed by atoms with Crippen molar-refractivity contribution in [2.24, 2.45) is 5.73 Å². The highest BCUT2D eigenvalue weighted by Gasteiger charge is 2.11. The number of nitrogens with zero attached hydrogens (tertiary/aromatic N) is 2. The van der Waals surface area contributed by atoms with Crippen LogP contribution >= 0.6 is 34.9 Å². The summed E-state index contributed by atoms with van der Waals surface area (Å²) in [5.41, 5.74) is 6.48. The molecule has 0 saturated heterocycles. The molecular formula is C14H17N3OS3. The molecule has 0 radical (unpaired) electrons. The number of carbonyl (C=O) groups is 1. The lowest BCUT2D eigenvalue weighted by Crippen LogP contribution is -2.12. The number of amides is 1. The smallest absolute Gasteiger partial charge is 0.227 e. The molecule has 0 aliphatic heterocycles. The zero-order valence-corrected chi connectivity index (χ0v) is 14.1.